The van der Waals surface area contributed by atoms with Crippen LogP contribution >= 0.6 is 10.7 Å². The molecule has 100 valence electrons. The van der Waals surface area contributed by atoms with E-state index in [1.807, 2.05) is 6.92 Å². The molecule has 0 N–H and O–H groups in total. The van der Waals surface area contributed by atoms with E-state index in [0.29, 0.717) is 12.1 Å². The highest BCUT2D eigenvalue weighted by atomic mass is 35.7. The van der Waals surface area contributed by atoms with Crippen molar-refractivity contribution in [3.63, 3.8) is 0 Å². The molecule has 0 aliphatic heterocycles. The molecule has 1 aromatic carbocycles. The van der Waals surface area contributed by atoms with Crippen LogP contribution in [0.25, 0.3) is 0 Å². The Kier molecular flexibility index (Phi) is 4.40. The first-order valence-electron chi connectivity index (χ1n) is 5.49. The van der Waals surface area contributed by atoms with Gasteiger partial charge in [0, 0.05) is 29.8 Å². The Morgan fingerprint density at radius 1 is 1.33 bits per heavy atom. The fourth-order valence-electron chi connectivity index (χ4n) is 1.54. The van der Waals surface area contributed by atoms with Crippen LogP contribution in [0, 0.1) is 13.8 Å². The first-order valence-corrected chi connectivity index (χ1v) is 7.80. The summed E-state index contributed by atoms with van der Waals surface area (Å²) in [6.45, 7) is 5.94. The van der Waals surface area contributed by atoms with Crippen molar-refractivity contribution in [2.45, 2.75) is 25.7 Å². The van der Waals surface area contributed by atoms with Gasteiger partial charge < -0.3 is 4.90 Å². The second kappa shape index (κ2) is 5.28. The van der Waals surface area contributed by atoms with Gasteiger partial charge in [0.05, 0.1) is 4.90 Å². The van der Waals surface area contributed by atoms with Crippen molar-refractivity contribution in [1.29, 1.82) is 0 Å². The van der Waals surface area contributed by atoms with Crippen LogP contribution in [-0.4, -0.2) is 32.8 Å². The number of benzene rings is 1. The highest BCUT2D eigenvalue weighted by Crippen LogP contribution is 2.23. The van der Waals surface area contributed by atoms with Crippen LogP contribution in [0.3, 0.4) is 0 Å². The number of amides is 1. The zero-order valence-corrected chi connectivity index (χ0v) is 12.4. The molecule has 18 heavy (non-hydrogen) atoms. The zero-order valence-electron chi connectivity index (χ0n) is 10.8. The summed E-state index contributed by atoms with van der Waals surface area (Å²) in [6.07, 6.45) is 0. The van der Waals surface area contributed by atoms with Gasteiger partial charge in [-0.3, -0.25) is 4.79 Å². The quantitative estimate of drug-likeness (QED) is 0.803. The highest BCUT2D eigenvalue weighted by Gasteiger charge is 2.19. The van der Waals surface area contributed by atoms with Crippen molar-refractivity contribution < 1.29 is 13.2 Å². The molecule has 1 amide bonds. The lowest BCUT2D eigenvalue weighted by Gasteiger charge is -2.17. The van der Waals surface area contributed by atoms with E-state index >= 15 is 0 Å². The Morgan fingerprint density at radius 2 is 1.89 bits per heavy atom. The molecule has 0 aromatic heterocycles. The van der Waals surface area contributed by atoms with E-state index in [9.17, 15) is 13.2 Å². The topological polar surface area (TPSA) is 54.5 Å². The number of carbonyl (C=O) groups excluding carboxylic acids is 1. The van der Waals surface area contributed by atoms with Crippen molar-refractivity contribution in [2.24, 2.45) is 0 Å². The maximum Gasteiger partial charge on any atom is 0.261 e. The molecule has 4 nitrogen and oxygen atoms in total. The van der Waals surface area contributed by atoms with Crippen LogP contribution in [0.15, 0.2) is 17.0 Å². The van der Waals surface area contributed by atoms with Crippen LogP contribution in [0.4, 0.5) is 0 Å². The van der Waals surface area contributed by atoms with Crippen LogP contribution in [0.5, 0.6) is 0 Å². The van der Waals surface area contributed by atoms with Gasteiger partial charge in [-0.05, 0) is 44.0 Å². The van der Waals surface area contributed by atoms with Crippen molar-refractivity contribution >= 4 is 25.6 Å². The monoisotopic (exact) mass is 289 g/mol. The molecular weight excluding hydrogens is 274 g/mol. The molecule has 0 saturated carbocycles. The Hall–Kier alpha value is -1.07. The molecule has 0 heterocycles. The summed E-state index contributed by atoms with van der Waals surface area (Å²) < 4.78 is 22.7. The summed E-state index contributed by atoms with van der Waals surface area (Å²) in [7, 11) is 3.16. The normalized spacial score (nSPS) is 11.4. The Balaban J connectivity index is 3.45. The minimum atomic E-state index is -3.83. The molecule has 0 bridgehead atoms. The molecule has 6 heteroatoms. The van der Waals surface area contributed by atoms with Gasteiger partial charge in [-0.2, -0.15) is 0 Å². The first-order chi connectivity index (χ1) is 8.18. The molecule has 0 radical (unpaired) electrons. The van der Waals surface area contributed by atoms with E-state index in [0.717, 1.165) is 11.1 Å². The van der Waals surface area contributed by atoms with Crippen molar-refractivity contribution in [1.82, 2.24) is 4.90 Å². The molecule has 0 unspecified atom stereocenters. The number of aryl methyl sites for hydroxylation is 1. The number of nitrogens with zero attached hydrogens (tertiary/aromatic N) is 1. The lowest BCUT2D eigenvalue weighted by Crippen LogP contribution is -2.27. The van der Waals surface area contributed by atoms with Crippen LogP contribution in [-0.2, 0) is 9.05 Å². The Morgan fingerprint density at radius 3 is 2.33 bits per heavy atom. The van der Waals surface area contributed by atoms with E-state index < -0.39 is 9.05 Å². The predicted octanol–water partition coefficient (Wildman–Crippen LogP) is 2.32. The predicted molar refractivity (Wildman–Crippen MR) is 71.6 cm³/mol. The molecule has 0 aliphatic carbocycles. The van der Waals surface area contributed by atoms with E-state index in [-0.39, 0.29) is 10.8 Å². The van der Waals surface area contributed by atoms with Gasteiger partial charge in [0.25, 0.3) is 15.0 Å². The molecule has 0 spiro atoms. The molecule has 1 aromatic rings. The Labute approximate surface area is 112 Å². The van der Waals surface area contributed by atoms with Crippen molar-refractivity contribution in [2.75, 3.05) is 13.6 Å². The minimum absolute atomic E-state index is 0.0416. The summed E-state index contributed by atoms with van der Waals surface area (Å²) in [5.74, 6) is -0.208. The molecule has 0 atom stereocenters. The summed E-state index contributed by atoms with van der Waals surface area (Å²) in [6, 6.07) is 2.81. The van der Waals surface area contributed by atoms with Crippen LogP contribution in [0.2, 0.25) is 0 Å². The summed E-state index contributed by atoms with van der Waals surface area (Å²) in [5.41, 5.74) is 1.87. The van der Waals surface area contributed by atoms with Crippen LogP contribution in [0.1, 0.15) is 28.4 Å². The van der Waals surface area contributed by atoms with E-state index in [4.69, 9.17) is 10.7 Å². The molecule has 0 aliphatic rings. The smallest absolute Gasteiger partial charge is 0.261 e. The van der Waals surface area contributed by atoms with Gasteiger partial charge in [0.15, 0.2) is 0 Å². The largest absolute Gasteiger partial charge is 0.342 e. The second-order valence-corrected chi connectivity index (χ2v) is 6.74. The average molecular weight is 290 g/mol. The fraction of sp³-hybridized carbons (Fsp3) is 0.417. The third-order valence-corrected chi connectivity index (χ3v) is 4.31. The molecule has 1 rings (SSSR count). The van der Waals surface area contributed by atoms with Gasteiger partial charge >= 0.3 is 0 Å². The SMILES string of the molecule is CCN(C)C(=O)c1cc(S(=O)(=O)Cl)cc(C)c1C. The third kappa shape index (κ3) is 3.03. The van der Waals surface area contributed by atoms with Gasteiger partial charge in [-0.25, -0.2) is 8.42 Å². The van der Waals surface area contributed by atoms with Gasteiger partial charge in [0.2, 0.25) is 0 Å². The van der Waals surface area contributed by atoms with Crippen LogP contribution < -0.4 is 0 Å². The zero-order chi connectivity index (χ0) is 14.1. The number of halogens is 1. The standard InChI is InChI=1S/C12H16ClNO3S/c1-5-14(4)12(15)11-7-10(18(13,16)17)6-8(2)9(11)3/h6-7H,5H2,1-4H3. The average Bonchev–Trinajstić information content (AvgIpc) is 2.29. The fourth-order valence-corrected chi connectivity index (χ4v) is 2.38. The van der Waals surface area contributed by atoms with E-state index in [2.05, 4.69) is 0 Å². The maximum absolute atomic E-state index is 12.1. The van der Waals surface area contributed by atoms with Gasteiger partial charge in [-0.15, -0.1) is 0 Å². The minimum Gasteiger partial charge on any atom is -0.342 e. The molecule has 0 saturated heterocycles. The first kappa shape index (κ1) is 15.0. The third-order valence-electron chi connectivity index (χ3n) is 2.97. The number of rotatable bonds is 3. The van der Waals surface area contributed by atoms with Gasteiger partial charge in [0.1, 0.15) is 0 Å². The molecule has 0 fully saturated rings. The van der Waals surface area contributed by atoms with Gasteiger partial charge in [-0.1, -0.05) is 0 Å². The van der Waals surface area contributed by atoms with Crippen molar-refractivity contribution in [3.8, 4) is 0 Å². The highest BCUT2D eigenvalue weighted by molar-refractivity contribution is 8.13. The summed E-state index contributed by atoms with van der Waals surface area (Å²) >= 11 is 0. The van der Waals surface area contributed by atoms with Crippen molar-refractivity contribution in [3.05, 3.63) is 28.8 Å². The van der Waals surface area contributed by atoms with E-state index in [1.165, 1.54) is 17.0 Å². The van der Waals surface area contributed by atoms with E-state index in [1.54, 1.807) is 20.9 Å². The Bertz CT molecular complexity index is 581. The molecular formula is C12H16ClNO3S. The lowest BCUT2D eigenvalue weighted by atomic mass is 10.0. The number of hydrogen-bond acceptors (Lipinski definition) is 3. The number of hydrogen-bond donors (Lipinski definition) is 0. The maximum atomic E-state index is 12.1. The summed E-state index contributed by atoms with van der Waals surface area (Å²) in [5, 5.41) is 0. The second-order valence-electron chi connectivity index (χ2n) is 4.17. The lowest BCUT2D eigenvalue weighted by molar-refractivity contribution is 0.0801. The number of carbonyl (C=O) groups is 1. The summed E-state index contributed by atoms with van der Waals surface area (Å²) in [4.78, 5) is 13.6.